The third kappa shape index (κ3) is 3.96. The maximum Gasteiger partial charge on any atom is 0.258 e. The van der Waals surface area contributed by atoms with Crippen LogP contribution in [-0.4, -0.2) is 33.9 Å². The molecule has 2 N–H and O–H groups in total. The molecule has 0 atom stereocenters. The summed E-state index contributed by atoms with van der Waals surface area (Å²) in [6.45, 7) is 2.11. The SMILES string of the molecule is CCc1nccc(CNC(=O)C23CC(NC(=O)COc4ccc(Cl)c(F)c4)(C2)C3)n1. The van der Waals surface area contributed by atoms with Gasteiger partial charge in [0, 0.05) is 24.2 Å². The van der Waals surface area contributed by atoms with Gasteiger partial charge in [-0.2, -0.15) is 0 Å². The summed E-state index contributed by atoms with van der Waals surface area (Å²) in [6, 6.07) is 5.80. The van der Waals surface area contributed by atoms with Gasteiger partial charge < -0.3 is 15.4 Å². The van der Waals surface area contributed by atoms with Gasteiger partial charge in [-0.25, -0.2) is 14.4 Å². The Kier molecular flexibility index (Phi) is 5.36. The average molecular weight is 433 g/mol. The maximum atomic E-state index is 13.4. The molecule has 0 unspecified atom stereocenters. The first-order valence-corrected chi connectivity index (χ1v) is 10.2. The second-order valence-electron chi connectivity index (χ2n) is 8.00. The van der Waals surface area contributed by atoms with Gasteiger partial charge >= 0.3 is 0 Å². The molecular weight excluding hydrogens is 411 g/mol. The third-order valence-corrected chi connectivity index (χ3v) is 5.99. The molecule has 5 rings (SSSR count). The highest BCUT2D eigenvalue weighted by molar-refractivity contribution is 6.30. The van der Waals surface area contributed by atoms with Crippen molar-refractivity contribution in [1.82, 2.24) is 20.6 Å². The summed E-state index contributed by atoms with van der Waals surface area (Å²) in [6.07, 6.45) is 4.26. The van der Waals surface area contributed by atoms with Gasteiger partial charge in [-0.05, 0) is 37.5 Å². The quantitative estimate of drug-likeness (QED) is 0.668. The first kappa shape index (κ1) is 20.5. The number of halogens is 2. The van der Waals surface area contributed by atoms with Crippen molar-refractivity contribution in [3.63, 3.8) is 0 Å². The molecule has 2 amide bonds. The van der Waals surface area contributed by atoms with Crippen molar-refractivity contribution in [3.05, 3.63) is 52.8 Å². The van der Waals surface area contributed by atoms with Crippen LogP contribution in [0.2, 0.25) is 5.02 Å². The van der Waals surface area contributed by atoms with Crippen LogP contribution in [0.3, 0.4) is 0 Å². The van der Waals surface area contributed by atoms with E-state index < -0.39 is 11.2 Å². The van der Waals surface area contributed by atoms with Gasteiger partial charge in [-0.1, -0.05) is 18.5 Å². The fourth-order valence-electron chi connectivity index (χ4n) is 4.28. The molecule has 158 valence electrons. The Bertz CT molecular complexity index is 980. The number of benzene rings is 1. The summed E-state index contributed by atoms with van der Waals surface area (Å²) in [5, 5.41) is 5.88. The van der Waals surface area contributed by atoms with Gasteiger partial charge in [0.05, 0.1) is 22.7 Å². The molecule has 1 aromatic heterocycles. The number of aryl methyl sites for hydroxylation is 1. The van der Waals surface area contributed by atoms with Gasteiger partial charge in [0.1, 0.15) is 17.4 Å². The number of rotatable bonds is 8. The number of hydrogen-bond donors (Lipinski definition) is 2. The highest BCUT2D eigenvalue weighted by atomic mass is 35.5. The largest absolute Gasteiger partial charge is 0.484 e. The summed E-state index contributed by atoms with van der Waals surface area (Å²) < 4.78 is 18.7. The summed E-state index contributed by atoms with van der Waals surface area (Å²) in [7, 11) is 0. The molecule has 7 nitrogen and oxygen atoms in total. The van der Waals surface area contributed by atoms with Crippen LogP contribution in [0.25, 0.3) is 0 Å². The molecular formula is C21H22ClFN4O3. The Morgan fingerprint density at radius 2 is 2.03 bits per heavy atom. The lowest BCUT2D eigenvalue weighted by Gasteiger charge is -2.69. The number of nitrogens with one attached hydrogen (secondary N) is 2. The fraction of sp³-hybridized carbons (Fsp3) is 0.429. The first-order valence-electron chi connectivity index (χ1n) is 9.81. The predicted molar refractivity (Wildman–Crippen MR) is 107 cm³/mol. The van der Waals surface area contributed by atoms with Crippen LogP contribution in [0.15, 0.2) is 30.5 Å². The first-order chi connectivity index (χ1) is 14.3. The lowest BCUT2D eigenvalue weighted by Crippen LogP contribution is -2.78. The van der Waals surface area contributed by atoms with E-state index in [1.165, 1.54) is 12.1 Å². The minimum Gasteiger partial charge on any atom is -0.484 e. The highest BCUT2D eigenvalue weighted by Gasteiger charge is 2.72. The minimum absolute atomic E-state index is 0.00485. The van der Waals surface area contributed by atoms with E-state index in [0.29, 0.717) is 25.8 Å². The number of hydrogen-bond acceptors (Lipinski definition) is 5. The van der Waals surface area contributed by atoms with Crippen molar-refractivity contribution in [2.24, 2.45) is 5.41 Å². The molecule has 30 heavy (non-hydrogen) atoms. The van der Waals surface area contributed by atoms with Crippen molar-refractivity contribution in [2.75, 3.05) is 6.61 Å². The van der Waals surface area contributed by atoms with E-state index in [0.717, 1.165) is 24.0 Å². The zero-order valence-corrected chi connectivity index (χ0v) is 17.3. The van der Waals surface area contributed by atoms with Crippen molar-refractivity contribution < 1.29 is 18.7 Å². The fourth-order valence-corrected chi connectivity index (χ4v) is 4.39. The van der Waals surface area contributed by atoms with Gasteiger partial charge in [0.15, 0.2) is 6.61 Å². The Morgan fingerprint density at radius 3 is 2.73 bits per heavy atom. The summed E-state index contributed by atoms with van der Waals surface area (Å²) >= 11 is 5.62. The lowest BCUT2D eigenvalue weighted by molar-refractivity contribution is -0.184. The zero-order valence-electron chi connectivity index (χ0n) is 16.5. The third-order valence-electron chi connectivity index (χ3n) is 5.69. The number of aromatic nitrogens is 2. The van der Waals surface area contributed by atoms with Gasteiger partial charge in [-0.15, -0.1) is 0 Å². The molecule has 1 heterocycles. The van der Waals surface area contributed by atoms with Crippen LogP contribution in [0.4, 0.5) is 4.39 Å². The van der Waals surface area contributed by atoms with E-state index in [1.807, 2.05) is 6.92 Å². The van der Waals surface area contributed by atoms with Crippen molar-refractivity contribution in [2.45, 2.75) is 44.7 Å². The number of amides is 2. The van der Waals surface area contributed by atoms with Gasteiger partial charge in [0.25, 0.3) is 5.91 Å². The average Bonchev–Trinajstić information content (AvgIpc) is 2.68. The summed E-state index contributed by atoms with van der Waals surface area (Å²) in [5.74, 6) is 0.0686. The highest BCUT2D eigenvalue weighted by Crippen LogP contribution is 2.67. The normalized spacial score (nSPS) is 23.7. The summed E-state index contributed by atoms with van der Waals surface area (Å²) in [4.78, 5) is 33.3. The smallest absolute Gasteiger partial charge is 0.258 e. The lowest BCUT2D eigenvalue weighted by atomic mass is 9.39. The molecule has 0 saturated heterocycles. The Morgan fingerprint density at radius 1 is 1.27 bits per heavy atom. The summed E-state index contributed by atoms with van der Waals surface area (Å²) in [5.41, 5.74) is 0.0297. The van der Waals surface area contributed by atoms with Gasteiger partial charge in [-0.3, -0.25) is 9.59 Å². The van der Waals surface area contributed by atoms with E-state index in [2.05, 4.69) is 20.6 Å². The molecule has 3 aliphatic carbocycles. The van der Waals surface area contributed by atoms with E-state index in [9.17, 15) is 14.0 Å². The van der Waals surface area contributed by atoms with E-state index in [1.54, 1.807) is 12.3 Å². The molecule has 3 fully saturated rings. The van der Waals surface area contributed by atoms with E-state index >= 15 is 0 Å². The van der Waals surface area contributed by atoms with Crippen LogP contribution in [0.5, 0.6) is 5.75 Å². The molecule has 1 aromatic carbocycles. The van der Waals surface area contributed by atoms with Crippen molar-refractivity contribution in [1.29, 1.82) is 0 Å². The Hall–Kier alpha value is -2.74. The molecule has 2 bridgehead atoms. The van der Waals surface area contributed by atoms with Crippen molar-refractivity contribution in [3.8, 4) is 5.75 Å². The van der Waals surface area contributed by atoms with Crippen LogP contribution in [0, 0.1) is 11.2 Å². The molecule has 2 aromatic rings. The molecule has 0 spiro atoms. The molecule has 0 aliphatic heterocycles. The van der Waals surface area contributed by atoms with E-state index in [4.69, 9.17) is 16.3 Å². The Labute approximate surface area is 178 Å². The minimum atomic E-state index is -0.602. The van der Waals surface area contributed by atoms with Crippen LogP contribution in [0.1, 0.15) is 37.7 Å². The standard InChI is InChI=1S/C21H22ClFN4O3/c1-2-17-24-6-5-13(26-17)8-25-19(29)20-10-21(11-20,12-20)27-18(28)9-30-14-3-4-15(22)16(23)7-14/h3-7H,2,8-12H2,1H3,(H,25,29)(H,27,28). The molecule has 9 heteroatoms. The van der Waals surface area contributed by atoms with Gasteiger partial charge in [0.2, 0.25) is 5.91 Å². The van der Waals surface area contributed by atoms with Crippen LogP contribution in [-0.2, 0) is 22.6 Å². The number of nitrogens with zero attached hydrogens (tertiary/aromatic N) is 2. The number of ether oxygens (including phenoxy) is 1. The monoisotopic (exact) mass is 432 g/mol. The predicted octanol–water partition coefficient (Wildman–Crippen LogP) is 2.57. The van der Waals surface area contributed by atoms with Crippen LogP contribution < -0.4 is 15.4 Å². The zero-order chi connectivity index (χ0) is 21.4. The second kappa shape index (κ2) is 7.83. The van der Waals surface area contributed by atoms with Crippen molar-refractivity contribution >= 4 is 23.4 Å². The Balaban J connectivity index is 1.21. The molecule has 0 radical (unpaired) electrons. The number of carbonyl (C=O) groups excluding carboxylic acids is 2. The topological polar surface area (TPSA) is 93.2 Å². The van der Waals surface area contributed by atoms with Crippen LogP contribution >= 0.6 is 11.6 Å². The maximum absolute atomic E-state index is 13.4. The molecule has 3 aliphatic rings. The number of carbonyl (C=O) groups is 2. The molecule has 3 saturated carbocycles. The second-order valence-corrected chi connectivity index (χ2v) is 8.41. The van der Waals surface area contributed by atoms with E-state index in [-0.39, 0.29) is 34.7 Å².